The zero-order valence-electron chi connectivity index (χ0n) is 38.7. The van der Waals surface area contributed by atoms with Gasteiger partial charge in [-0.1, -0.05) is 135 Å². The Morgan fingerprint density at radius 1 is 0.621 bits per heavy atom. The Bertz CT molecular complexity index is 2240. The second kappa shape index (κ2) is 19.8. The van der Waals surface area contributed by atoms with Crippen LogP contribution in [0.15, 0.2) is 133 Å². The van der Waals surface area contributed by atoms with E-state index in [0.29, 0.717) is 44.9 Å². The first-order valence-electron chi connectivity index (χ1n) is 24.7. The van der Waals surface area contributed by atoms with Crippen molar-refractivity contribution in [2.45, 2.75) is 140 Å². The Labute approximate surface area is 391 Å². The summed E-state index contributed by atoms with van der Waals surface area (Å²) in [7, 11) is 0. The van der Waals surface area contributed by atoms with Gasteiger partial charge in [0.1, 0.15) is 31.0 Å². The number of hydrogen-bond donors (Lipinski definition) is 1. The molecule has 2 aliphatic heterocycles. The van der Waals surface area contributed by atoms with Crippen molar-refractivity contribution in [1.82, 2.24) is 0 Å². The fourth-order valence-electron chi connectivity index (χ4n) is 13.5. The second-order valence-electron chi connectivity index (χ2n) is 20.7. The largest absolute Gasteiger partial charge is 0.458 e. The van der Waals surface area contributed by atoms with Crippen LogP contribution in [-0.4, -0.2) is 66.7 Å². The van der Waals surface area contributed by atoms with E-state index in [1.54, 1.807) is 6.08 Å². The maximum atomic E-state index is 12.9. The average molecular weight is 897 g/mol. The van der Waals surface area contributed by atoms with Gasteiger partial charge in [-0.3, -0.25) is 0 Å². The molecule has 66 heavy (non-hydrogen) atoms. The molecule has 13 atom stereocenters. The lowest BCUT2D eigenvalue weighted by Gasteiger charge is -2.64. The van der Waals surface area contributed by atoms with Gasteiger partial charge >= 0.3 is 5.97 Å². The highest BCUT2D eigenvalue weighted by Gasteiger charge is 2.68. The summed E-state index contributed by atoms with van der Waals surface area (Å²) in [5.41, 5.74) is 4.42. The van der Waals surface area contributed by atoms with Crippen LogP contribution in [0, 0.1) is 34.5 Å². The van der Waals surface area contributed by atoms with E-state index in [9.17, 15) is 9.90 Å². The van der Waals surface area contributed by atoms with Crippen LogP contribution < -0.4 is 0 Å². The van der Waals surface area contributed by atoms with Crippen molar-refractivity contribution in [3.05, 3.63) is 155 Å². The molecule has 4 aliphatic carbocycles. The molecule has 9 nitrogen and oxygen atoms in total. The normalized spacial score (nSPS) is 36.2. The van der Waals surface area contributed by atoms with Crippen LogP contribution in [0.25, 0.3) is 0 Å². The van der Waals surface area contributed by atoms with Gasteiger partial charge in [0, 0.05) is 11.5 Å². The highest BCUT2D eigenvalue weighted by Crippen LogP contribution is 2.70. The summed E-state index contributed by atoms with van der Waals surface area (Å²) >= 11 is 0. The van der Waals surface area contributed by atoms with E-state index in [1.807, 2.05) is 72.8 Å². The topological polar surface area (TPSA) is 102 Å². The van der Waals surface area contributed by atoms with Crippen molar-refractivity contribution in [2.24, 2.45) is 34.5 Å². The number of esters is 1. The van der Waals surface area contributed by atoms with Gasteiger partial charge in [0.25, 0.3) is 0 Å². The van der Waals surface area contributed by atoms with Crippen LogP contribution in [0.3, 0.4) is 0 Å². The number of fused-ring (bicyclic) bond motifs is 5. The first kappa shape index (κ1) is 45.6. The third-order valence-electron chi connectivity index (χ3n) is 17.1. The minimum Gasteiger partial charge on any atom is -0.458 e. The molecule has 4 aromatic carbocycles. The molecule has 1 N–H and O–H groups in total. The van der Waals surface area contributed by atoms with E-state index in [-0.39, 0.29) is 41.3 Å². The molecule has 0 radical (unpaired) electrons. The van der Waals surface area contributed by atoms with Crippen LogP contribution in [0.1, 0.15) is 93.9 Å². The SMILES string of the molecule is C[C@]12CC[C@H](O[C@@H]3O[C@H](COCc4ccccc4)[C@@H](OCc4ccccc4)[C@H](OCc4ccccc4)[C@H]3OCc3ccccc3)C[C@H]1CC[C@@H]1[C@@H]2CC[C@]2(C)[C@@H](C3=CC(=O)OC3)CC[C@]12O. The number of aliphatic hydroxyl groups is 1. The Hall–Kier alpha value is -4.19. The number of carbonyl (C=O) groups excluding carboxylic acids is 1. The molecular weight excluding hydrogens is 829 g/mol. The van der Waals surface area contributed by atoms with Gasteiger partial charge < -0.3 is 38.3 Å². The number of cyclic esters (lactones) is 1. The molecule has 6 aliphatic rings. The summed E-state index contributed by atoms with van der Waals surface area (Å²) in [5.74, 6) is 1.07. The average Bonchev–Trinajstić information content (AvgIpc) is 3.90. The zero-order chi connectivity index (χ0) is 45.1. The van der Waals surface area contributed by atoms with Crippen molar-refractivity contribution in [3.63, 3.8) is 0 Å². The van der Waals surface area contributed by atoms with E-state index >= 15 is 0 Å². The van der Waals surface area contributed by atoms with Gasteiger partial charge in [0.05, 0.1) is 44.7 Å². The second-order valence-corrected chi connectivity index (χ2v) is 20.7. The maximum absolute atomic E-state index is 12.9. The number of ether oxygens (including phenoxy) is 7. The highest BCUT2D eigenvalue weighted by atomic mass is 16.7. The van der Waals surface area contributed by atoms with Crippen LogP contribution >= 0.6 is 0 Å². The molecule has 0 bridgehead atoms. The van der Waals surface area contributed by atoms with Crippen LogP contribution in [-0.2, 0) is 64.4 Å². The first-order chi connectivity index (χ1) is 32.2. The highest BCUT2D eigenvalue weighted by molar-refractivity contribution is 5.85. The van der Waals surface area contributed by atoms with Crippen molar-refractivity contribution in [3.8, 4) is 0 Å². The fraction of sp³-hybridized carbons (Fsp3) is 0.526. The van der Waals surface area contributed by atoms with Crippen molar-refractivity contribution in [1.29, 1.82) is 0 Å². The maximum Gasteiger partial charge on any atom is 0.331 e. The summed E-state index contributed by atoms with van der Waals surface area (Å²) in [6.07, 6.45) is 7.36. The number of rotatable bonds is 16. The number of benzene rings is 4. The molecule has 0 unspecified atom stereocenters. The standard InChI is InChI=1S/C57H68O9/c1-55-28-25-45(32-44(55)23-24-48-47(55)26-29-56(2)46(27-30-57(48,56)59)43-31-50(58)61-37-43)65-54-53(64-36-42-21-13-6-14-22-42)52(63-35-41-19-11-5-12-20-41)51(62-34-40-17-9-4-10-18-40)49(66-54)38-60-33-39-15-7-3-8-16-39/h3-22,31,44-49,51-54,59H,23-30,32-38H2,1-2H3/t44-,45+,46-,47+,48-,49-,51-,52+,53-,54-,55+,56-,57+/m1/s1. The molecule has 9 heteroatoms. The summed E-state index contributed by atoms with van der Waals surface area (Å²) < 4.78 is 47.2. The molecule has 4 aromatic rings. The zero-order valence-corrected chi connectivity index (χ0v) is 38.7. The fourth-order valence-corrected chi connectivity index (χ4v) is 13.5. The Kier molecular flexibility index (Phi) is 13.7. The third kappa shape index (κ3) is 9.22. The lowest BCUT2D eigenvalue weighted by atomic mass is 9.43. The molecular formula is C57H68O9. The molecule has 2 heterocycles. The molecule has 350 valence electrons. The Morgan fingerprint density at radius 3 is 1.79 bits per heavy atom. The summed E-state index contributed by atoms with van der Waals surface area (Å²) in [5, 5.41) is 12.9. The van der Waals surface area contributed by atoms with E-state index < -0.39 is 36.3 Å². The smallest absolute Gasteiger partial charge is 0.331 e. The van der Waals surface area contributed by atoms with Gasteiger partial charge in [-0.05, 0) is 115 Å². The summed E-state index contributed by atoms with van der Waals surface area (Å²) in [4.78, 5) is 12.1. The monoisotopic (exact) mass is 896 g/mol. The van der Waals surface area contributed by atoms with Crippen LogP contribution in [0.5, 0.6) is 0 Å². The van der Waals surface area contributed by atoms with E-state index in [1.165, 1.54) is 0 Å². The molecule has 10 rings (SSSR count). The van der Waals surface area contributed by atoms with Crippen molar-refractivity contribution in [2.75, 3.05) is 13.2 Å². The minimum atomic E-state index is -0.751. The molecule has 0 amide bonds. The lowest BCUT2D eigenvalue weighted by molar-refractivity contribution is -0.340. The molecule has 0 spiro atoms. The predicted octanol–water partition coefficient (Wildman–Crippen LogP) is 10.3. The van der Waals surface area contributed by atoms with Gasteiger partial charge in [-0.2, -0.15) is 0 Å². The summed E-state index contributed by atoms with van der Waals surface area (Å²) in [6.45, 7) is 7.01. The van der Waals surface area contributed by atoms with Crippen LogP contribution in [0.4, 0.5) is 0 Å². The van der Waals surface area contributed by atoms with Crippen LogP contribution in [0.2, 0.25) is 0 Å². The molecule has 5 fully saturated rings. The number of hydrogen-bond acceptors (Lipinski definition) is 9. The molecule has 1 saturated heterocycles. The van der Waals surface area contributed by atoms with Gasteiger partial charge in [0.2, 0.25) is 0 Å². The number of carbonyl (C=O) groups is 1. The van der Waals surface area contributed by atoms with Crippen molar-refractivity contribution >= 4 is 5.97 Å². The molecule has 0 aromatic heterocycles. The minimum absolute atomic E-state index is 0.0467. The van der Waals surface area contributed by atoms with E-state index in [2.05, 4.69) is 62.4 Å². The predicted molar refractivity (Wildman–Crippen MR) is 250 cm³/mol. The van der Waals surface area contributed by atoms with E-state index in [0.717, 1.165) is 85.6 Å². The first-order valence-corrected chi connectivity index (χ1v) is 24.7. The third-order valence-corrected chi connectivity index (χ3v) is 17.1. The molecule has 4 saturated carbocycles. The van der Waals surface area contributed by atoms with Gasteiger partial charge in [0.15, 0.2) is 6.29 Å². The quantitative estimate of drug-likeness (QED) is 0.0870. The van der Waals surface area contributed by atoms with Gasteiger partial charge in [-0.25, -0.2) is 4.79 Å². The lowest BCUT2D eigenvalue weighted by Crippen LogP contribution is -2.63. The van der Waals surface area contributed by atoms with Gasteiger partial charge in [-0.15, -0.1) is 0 Å². The Balaban J connectivity index is 0.909. The van der Waals surface area contributed by atoms with E-state index in [4.69, 9.17) is 33.2 Å². The Morgan fingerprint density at radius 2 is 1.20 bits per heavy atom. The van der Waals surface area contributed by atoms with Crippen molar-refractivity contribution < 1.29 is 43.1 Å². The summed E-state index contributed by atoms with van der Waals surface area (Å²) in [6, 6.07) is 41.0.